The van der Waals surface area contributed by atoms with Gasteiger partial charge in [-0.1, -0.05) is 103 Å². The van der Waals surface area contributed by atoms with Gasteiger partial charge in [-0.25, -0.2) is 0 Å². The maximum Gasteiger partial charge on any atom is 0.178 e. The molecule has 0 unspecified atom stereocenters. The fourth-order valence-corrected chi connectivity index (χ4v) is 5.17. The highest BCUT2D eigenvalue weighted by Gasteiger charge is 2.20. The van der Waals surface area contributed by atoms with E-state index < -0.39 is 24.2 Å². The molecule has 0 aliphatic rings. The van der Waals surface area contributed by atoms with Gasteiger partial charge in [0.2, 0.25) is 0 Å². The van der Waals surface area contributed by atoms with Crippen molar-refractivity contribution in [2.75, 3.05) is 0 Å². The number of furan rings is 2. The van der Waals surface area contributed by atoms with Crippen LogP contribution in [0.25, 0.3) is 76.9 Å². The summed E-state index contributed by atoms with van der Waals surface area (Å²) < 4.78 is 83.0. The van der Waals surface area contributed by atoms with Gasteiger partial charge in [0.05, 0.1) is 11.0 Å². The molecule has 0 bridgehead atoms. The number of benzene rings is 6. The molecular weight excluding hydrogens is 440 g/mol. The minimum absolute atomic E-state index is 0.104. The first-order chi connectivity index (χ1) is 21.2. The van der Waals surface area contributed by atoms with Crippen molar-refractivity contribution < 1.29 is 19.8 Å². The van der Waals surface area contributed by atoms with Crippen LogP contribution in [0, 0.1) is 0 Å². The molecule has 8 aromatic rings. The highest BCUT2D eigenvalue weighted by Crippen LogP contribution is 2.45. The Balaban J connectivity index is 1.65. The lowest BCUT2D eigenvalue weighted by atomic mass is 9.87. The zero-order valence-electron chi connectivity index (χ0n) is 26.7. The molecule has 2 heterocycles. The number of rotatable bonds is 2. The van der Waals surface area contributed by atoms with Crippen LogP contribution in [0.2, 0.25) is 0 Å². The average Bonchev–Trinajstić information content (AvgIpc) is 3.65. The van der Waals surface area contributed by atoms with E-state index in [-0.39, 0.29) is 57.0 Å². The third-order valence-corrected chi connectivity index (χ3v) is 6.71. The first-order valence-corrected chi connectivity index (χ1v) is 11.5. The minimum Gasteiger partial charge on any atom is -0.452 e. The fourth-order valence-electron chi connectivity index (χ4n) is 5.17. The first kappa shape index (κ1) is 13.3. The highest BCUT2D eigenvalue weighted by molar-refractivity contribution is 6.22. The van der Waals surface area contributed by atoms with Crippen LogP contribution in [0.1, 0.15) is 11.0 Å². The Kier molecular flexibility index (Phi) is 2.71. The summed E-state index contributed by atoms with van der Waals surface area (Å²) in [7, 11) is 0. The third kappa shape index (κ3) is 2.67. The third-order valence-electron chi connectivity index (χ3n) is 6.71. The SMILES string of the molecule is [2H]c1c([2H])c([2H])c2c(-c3cc4ccc5c6ccccc6oc5c4o3)c3c([2H])c([2H])c([2H])c([2H])c3c(-c3ccccc3)c2c1[2H]. The molecule has 0 aliphatic heterocycles. The summed E-state index contributed by atoms with van der Waals surface area (Å²) >= 11 is 0. The number of hydrogen-bond acceptors (Lipinski definition) is 2. The summed E-state index contributed by atoms with van der Waals surface area (Å²) in [5.41, 5.74) is 2.62. The van der Waals surface area contributed by atoms with E-state index in [4.69, 9.17) is 19.8 Å². The van der Waals surface area contributed by atoms with Gasteiger partial charge >= 0.3 is 0 Å². The first-order valence-electron chi connectivity index (χ1n) is 15.5. The van der Waals surface area contributed by atoms with Gasteiger partial charge < -0.3 is 8.83 Å². The standard InChI is InChI=1S/C34H20O2/c1-2-10-21(11-3-1)31-24-13-4-6-15-26(24)32(27-16-7-5-14-25(27)31)30-20-22-18-19-28-23-12-8-9-17-29(23)35-34(28)33(22)36-30/h1-20H/i4D,5D,6D,7D,13D,14D,15D,16D. The molecule has 2 aromatic heterocycles. The monoisotopic (exact) mass is 468 g/mol. The molecule has 2 nitrogen and oxygen atoms in total. The predicted molar refractivity (Wildman–Crippen MR) is 149 cm³/mol. The van der Waals surface area contributed by atoms with Gasteiger partial charge in [0.1, 0.15) is 11.3 Å². The Bertz CT molecular complexity index is 2450. The van der Waals surface area contributed by atoms with Crippen molar-refractivity contribution in [3.63, 3.8) is 0 Å². The molecule has 0 saturated heterocycles. The summed E-state index contributed by atoms with van der Waals surface area (Å²) in [6.45, 7) is 0. The normalized spacial score (nSPS) is 15.0. The Morgan fingerprint density at radius 1 is 0.500 bits per heavy atom. The molecule has 168 valence electrons. The molecule has 2 heteroatoms. The lowest BCUT2D eigenvalue weighted by molar-refractivity contribution is 0.612. The van der Waals surface area contributed by atoms with E-state index in [0.29, 0.717) is 33.3 Å². The van der Waals surface area contributed by atoms with Crippen LogP contribution < -0.4 is 0 Å². The topological polar surface area (TPSA) is 26.3 Å². The van der Waals surface area contributed by atoms with Crippen molar-refractivity contribution in [3.8, 4) is 22.5 Å². The Hall–Kier alpha value is -4.82. The lowest BCUT2D eigenvalue weighted by Crippen LogP contribution is -1.89. The Labute approximate surface area is 218 Å². The highest BCUT2D eigenvalue weighted by atomic mass is 16.4. The van der Waals surface area contributed by atoms with E-state index in [9.17, 15) is 0 Å². The second kappa shape index (κ2) is 7.34. The Morgan fingerprint density at radius 3 is 1.86 bits per heavy atom. The molecule has 0 radical (unpaired) electrons. The van der Waals surface area contributed by atoms with Crippen LogP contribution in [-0.2, 0) is 0 Å². The van der Waals surface area contributed by atoms with Crippen molar-refractivity contribution in [1.82, 2.24) is 0 Å². The molecule has 0 fully saturated rings. The fraction of sp³-hybridized carbons (Fsp3) is 0. The molecule has 0 aliphatic carbocycles. The van der Waals surface area contributed by atoms with E-state index in [1.165, 1.54) is 0 Å². The van der Waals surface area contributed by atoms with Crippen molar-refractivity contribution in [2.45, 2.75) is 0 Å². The second-order valence-corrected chi connectivity index (χ2v) is 8.69. The second-order valence-electron chi connectivity index (χ2n) is 8.69. The van der Waals surface area contributed by atoms with Gasteiger partial charge in [-0.15, -0.1) is 0 Å². The zero-order valence-corrected chi connectivity index (χ0v) is 18.7. The molecule has 0 atom stereocenters. The van der Waals surface area contributed by atoms with Crippen LogP contribution in [0.4, 0.5) is 0 Å². The molecule has 36 heavy (non-hydrogen) atoms. The van der Waals surface area contributed by atoms with Crippen LogP contribution in [-0.4, -0.2) is 0 Å². The summed E-state index contributed by atoms with van der Waals surface area (Å²) in [5.74, 6) is 0.192. The molecular formula is C34H20O2. The van der Waals surface area contributed by atoms with Crippen molar-refractivity contribution in [2.24, 2.45) is 0 Å². The summed E-state index contributed by atoms with van der Waals surface area (Å²) in [6, 6.07) is 18.9. The molecule has 0 spiro atoms. The summed E-state index contributed by atoms with van der Waals surface area (Å²) in [6.07, 6.45) is 0. The average molecular weight is 469 g/mol. The zero-order chi connectivity index (χ0) is 30.6. The maximum atomic E-state index is 9.07. The quantitative estimate of drug-likeness (QED) is 0.236. The van der Waals surface area contributed by atoms with Crippen LogP contribution in [0.15, 0.2) is 130 Å². The van der Waals surface area contributed by atoms with Crippen LogP contribution >= 0.6 is 0 Å². The number of para-hydroxylation sites is 1. The van der Waals surface area contributed by atoms with Gasteiger partial charge in [-0.3, -0.25) is 0 Å². The van der Waals surface area contributed by atoms with Gasteiger partial charge in [0, 0.05) is 21.7 Å². The van der Waals surface area contributed by atoms with Crippen LogP contribution in [0.5, 0.6) is 0 Å². The van der Waals surface area contributed by atoms with Crippen molar-refractivity contribution in [3.05, 3.63) is 121 Å². The molecule has 0 saturated carbocycles. The molecule has 0 N–H and O–H groups in total. The van der Waals surface area contributed by atoms with E-state index in [1.807, 2.05) is 36.4 Å². The number of fused-ring (bicyclic) bond motifs is 7. The van der Waals surface area contributed by atoms with E-state index in [0.717, 1.165) is 10.8 Å². The predicted octanol–water partition coefficient (Wildman–Crippen LogP) is 9.97. The van der Waals surface area contributed by atoms with Crippen LogP contribution in [0.3, 0.4) is 0 Å². The molecule has 6 aromatic carbocycles. The van der Waals surface area contributed by atoms with E-state index >= 15 is 0 Å². The van der Waals surface area contributed by atoms with E-state index in [1.54, 1.807) is 36.4 Å². The smallest absolute Gasteiger partial charge is 0.178 e. The van der Waals surface area contributed by atoms with Gasteiger partial charge in [-0.05, 0) is 50.9 Å². The van der Waals surface area contributed by atoms with Gasteiger partial charge in [-0.2, -0.15) is 0 Å². The molecule has 8 rings (SSSR count). The minimum atomic E-state index is -0.460. The van der Waals surface area contributed by atoms with Gasteiger partial charge in [0.25, 0.3) is 0 Å². The number of hydrogen-bond donors (Lipinski definition) is 0. The Morgan fingerprint density at radius 2 is 1.14 bits per heavy atom. The van der Waals surface area contributed by atoms with E-state index in [2.05, 4.69) is 0 Å². The summed E-state index contributed by atoms with van der Waals surface area (Å²) in [4.78, 5) is 0. The lowest BCUT2D eigenvalue weighted by Gasteiger charge is -2.16. The van der Waals surface area contributed by atoms with Crippen molar-refractivity contribution >= 4 is 54.5 Å². The summed E-state index contributed by atoms with van der Waals surface area (Å²) in [5, 5.41) is 2.91. The largest absolute Gasteiger partial charge is 0.452 e. The molecule has 0 amide bonds. The van der Waals surface area contributed by atoms with Crippen molar-refractivity contribution in [1.29, 1.82) is 0 Å². The maximum absolute atomic E-state index is 9.07. The van der Waals surface area contributed by atoms with Gasteiger partial charge in [0.15, 0.2) is 11.2 Å².